The van der Waals surface area contributed by atoms with Crippen molar-refractivity contribution in [2.75, 3.05) is 7.11 Å². The summed E-state index contributed by atoms with van der Waals surface area (Å²) in [4.78, 5) is 15.5. The molecule has 4 nitrogen and oxygen atoms in total. The van der Waals surface area contributed by atoms with E-state index in [2.05, 4.69) is 9.72 Å². The van der Waals surface area contributed by atoms with Crippen molar-refractivity contribution < 1.29 is 9.53 Å². The number of hydrogen-bond acceptors (Lipinski definition) is 3. The van der Waals surface area contributed by atoms with Gasteiger partial charge in [-0.25, -0.2) is 4.98 Å². The molecule has 2 aromatic heterocycles. The number of esters is 1. The van der Waals surface area contributed by atoms with Gasteiger partial charge in [-0.05, 0) is 25.1 Å². The minimum atomic E-state index is -0.240. The zero-order valence-electron chi connectivity index (χ0n) is 8.73. The van der Waals surface area contributed by atoms with E-state index in [0.717, 1.165) is 17.0 Å². The van der Waals surface area contributed by atoms with Crippen LogP contribution in [0.2, 0.25) is 0 Å². The van der Waals surface area contributed by atoms with Crippen molar-refractivity contribution in [3.05, 3.63) is 35.8 Å². The molecule has 2 aromatic rings. The molecule has 0 saturated carbocycles. The van der Waals surface area contributed by atoms with Gasteiger partial charge in [0.1, 0.15) is 5.65 Å². The summed E-state index contributed by atoms with van der Waals surface area (Å²) in [6, 6.07) is 5.69. The molecule has 0 saturated heterocycles. The van der Waals surface area contributed by atoms with Crippen molar-refractivity contribution in [1.29, 1.82) is 0 Å². The van der Waals surface area contributed by atoms with Crippen LogP contribution in [-0.4, -0.2) is 22.5 Å². The number of methoxy groups -OCH3 is 1. The second kappa shape index (κ2) is 3.73. The number of hydrogen-bond donors (Lipinski definition) is 0. The Morgan fingerprint density at radius 2 is 2.27 bits per heavy atom. The molecule has 2 heterocycles. The van der Waals surface area contributed by atoms with Crippen LogP contribution >= 0.6 is 0 Å². The number of rotatable bonds is 2. The molecule has 0 fully saturated rings. The number of aromatic nitrogens is 2. The Morgan fingerprint density at radius 1 is 1.47 bits per heavy atom. The summed E-state index contributed by atoms with van der Waals surface area (Å²) < 4.78 is 6.52. The minimum absolute atomic E-state index is 0.240. The summed E-state index contributed by atoms with van der Waals surface area (Å²) in [6.45, 7) is 1.94. The second-order valence-corrected chi connectivity index (χ2v) is 3.37. The van der Waals surface area contributed by atoms with E-state index in [9.17, 15) is 4.79 Å². The lowest BCUT2D eigenvalue weighted by Crippen LogP contribution is -2.06. The Labute approximate surface area is 87.5 Å². The summed E-state index contributed by atoms with van der Waals surface area (Å²) in [7, 11) is 1.39. The average Bonchev–Trinajstić information content (AvgIpc) is 2.60. The third-order valence-corrected chi connectivity index (χ3v) is 2.29. The minimum Gasteiger partial charge on any atom is -0.469 e. The molecule has 0 spiro atoms. The molecule has 0 radical (unpaired) electrons. The van der Waals surface area contributed by atoms with Gasteiger partial charge in [-0.15, -0.1) is 0 Å². The number of nitrogens with zero attached hydrogens (tertiary/aromatic N) is 2. The van der Waals surface area contributed by atoms with Crippen molar-refractivity contribution in [2.24, 2.45) is 0 Å². The highest BCUT2D eigenvalue weighted by atomic mass is 16.5. The van der Waals surface area contributed by atoms with Crippen molar-refractivity contribution in [1.82, 2.24) is 9.38 Å². The number of aryl methyl sites for hydroxylation is 1. The number of carbonyl (C=O) groups excluding carboxylic acids is 1. The first-order valence-electron chi connectivity index (χ1n) is 4.71. The van der Waals surface area contributed by atoms with Crippen LogP contribution in [0.15, 0.2) is 24.4 Å². The highest BCUT2D eigenvalue weighted by Crippen LogP contribution is 2.09. The van der Waals surface area contributed by atoms with E-state index in [1.54, 1.807) is 0 Å². The Balaban J connectivity index is 2.41. The van der Waals surface area contributed by atoms with Gasteiger partial charge in [0.05, 0.1) is 13.5 Å². The number of ether oxygens (including phenoxy) is 1. The van der Waals surface area contributed by atoms with E-state index in [1.165, 1.54) is 7.11 Å². The molecule has 0 N–H and O–H groups in total. The fraction of sp³-hybridized carbons (Fsp3) is 0.273. The smallest absolute Gasteiger partial charge is 0.311 e. The van der Waals surface area contributed by atoms with Gasteiger partial charge in [-0.3, -0.25) is 4.79 Å². The van der Waals surface area contributed by atoms with Gasteiger partial charge >= 0.3 is 5.97 Å². The van der Waals surface area contributed by atoms with E-state index >= 15 is 0 Å². The zero-order chi connectivity index (χ0) is 10.8. The Morgan fingerprint density at radius 3 is 3.00 bits per heavy atom. The van der Waals surface area contributed by atoms with Gasteiger partial charge in [0, 0.05) is 17.6 Å². The van der Waals surface area contributed by atoms with Crippen molar-refractivity contribution in [2.45, 2.75) is 13.3 Å². The third kappa shape index (κ3) is 1.83. The van der Waals surface area contributed by atoms with Crippen molar-refractivity contribution in [3.63, 3.8) is 0 Å². The van der Waals surface area contributed by atoms with E-state index in [-0.39, 0.29) is 12.4 Å². The van der Waals surface area contributed by atoms with Crippen molar-refractivity contribution in [3.8, 4) is 0 Å². The predicted molar refractivity (Wildman–Crippen MR) is 55.6 cm³/mol. The lowest BCUT2D eigenvalue weighted by molar-refractivity contribution is -0.139. The fourth-order valence-electron chi connectivity index (χ4n) is 1.51. The van der Waals surface area contributed by atoms with Crippen LogP contribution in [0, 0.1) is 6.92 Å². The van der Waals surface area contributed by atoms with E-state index in [0.29, 0.717) is 0 Å². The quantitative estimate of drug-likeness (QED) is 0.694. The second-order valence-electron chi connectivity index (χ2n) is 3.37. The maximum atomic E-state index is 11.1. The molecular formula is C11H12N2O2. The molecular weight excluding hydrogens is 192 g/mol. The lowest BCUT2D eigenvalue weighted by Gasteiger charge is -2.01. The first kappa shape index (κ1) is 9.71. The molecule has 0 aliphatic heterocycles. The molecule has 0 unspecified atom stereocenters. The van der Waals surface area contributed by atoms with Crippen molar-refractivity contribution >= 4 is 11.6 Å². The van der Waals surface area contributed by atoms with Gasteiger partial charge in [0.2, 0.25) is 0 Å². The summed E-state index contributed by atoms with van der Waals surface area (Å²) in [5, 5.41) is 0. The summed E-state index contributed by atoms with van der Waals surface area (Å²) >= 11 is 0. The number of carbonyl (C=O) groups is 1. The van der Waals surface area contributed by atoms with Crippen LogP contribution in [0.25, 0.3) is 5.65 Å². The molecule has 0 aliphatic carbocycles. The van der Waals surface area contributed by atoms with Crippen LogP contribution in [0.3, 0.4) is 0 Å². The molecule has 0 atom stereocenters. The first-order chi connectivity index (χ1) is 7.20. The average molecular weight is 204 g/mol. The fourth-order valence-corrected chi connectivity index (χ4v) is 1.51. The number of fused-ring (bicyclic) bond motifs is 1. The molecule has 15 heavy (non-hydrogen) atoms. The Kier molecular flexibility index (Phi) is 2.41. The molecule has 0 aromatic carbocycles. The zero-order valence-corrected chi connectivity index (χ0v) is 8.73. The van der Waals surface area contributed by atoms with Crippen LogP contribution in [0.5, 0.6) is 0 Å². The molecule has 0 amide bonds. The summed E-state index contributed by atoms with van der Waals surface area (Å²) in [6.07, 6.45) is 2.19. The van der Waals surface area contributed by atoms with E-state index in [1.807, 2.05) is 35.7 Å². The Bertz CT molecular complexity index is 502. The van der Waals surface area contributed by atoms with Crippen LogP contribution in [0.1, 0.15) is 11.4 Å². The monoisotopic (exact) mass is 204 g/mol. The lowest BCUT2D eigenvalue weighted by atomic mass is 10.3. The van der Waals surface area contributed by atoms with Gasteiger partial charge in [0.25, 0.3) is 0 Å². The van der Waals surface area contributed by atoms with Crippen LogP contribution in [0.4, 0.5) is 0 Å². The van der Waals surface area contributed by atoms with Crippen LogP contribution < -0.4 is 0 Å². The van der Waals surface area contributed by atoms with Gasteiger partial charge in [-0.1, -0.05) is 0 Å². The molecule has 0 aliphatic rings. The largest absolute Gasteiger partial charge is 0.469 e. The maximum Gasteiger partial charge on any atom is 0.311 e. The summed E-state index contributed by atoms with van der Waals surface area (Å²) in [5.41, 5.74) is 2.71. The van der Waals surface area contributed by atoms with Gasteiger partial charge in [0.15, 0.2) is 0 Å². The maximum absolute atomic E-state index is 11.1. The SMILES string of the molecule is COC(=O)Cc1ccc2nc(C)ccn12. The van der Waals surface area contributed by atoms with Gasteiger partial charge in [-0.2, -0.15) is 0 Å². The van der Waals surface area contributed by atoms with E-state index < -0.39 is 0 Å². The first-order valence-corrected chi connectivity index (χ1v) is 4.71. The topological polar surface area (TPSA) is 43.6 Å². The third-order valence-electron chi connectivity index (χ3n) is 2.29. The highest BCUT2D eigenvalue weighted by Gasteiger charge is 2.07. The van der Waals surface area contributed by atoms with Gasteiger partial charge < -0.3 is 9.14 Å². The standard InChI is InChI=1S/C11H12N2O2/c1-8-5-6-13-9(7-11(14)15-2)3-4-10(13)12-8/h3-6H,7H2,1-2H3. The predicted octanol–water partition coefficient (Wildman–Crippen LogP) is 1.36. The van der Waals surface area contributed by atoms with Crippen LogP contribution in [-0.2, 0) is 16.0 Å². The molecule has 2 rings (SSSR count). The molecule has 0 bridgehead atoms. The highest BCUT2D eigenvalue weighted by molar-refractivity contribution is 5.72. The normalized spacial score (nSPS) is 10.5. The Hall–Kier alpha value is -1.84. The van der Waals surface area contributed by atoms with E-state index in [4.69, 9.17) is 0 Å². The molecule has 4 heteroatoms. The molecule has 78 valence electrons. The summed E-state index contributed by atoms with van der Waals surface area (Å²) in [5.74, 6) is -0.240.